The van der Waals surface area contributed by atoms with Crippen LogP contribution < -0.4 is 5.73 Å². The lowest BCUT2D eigenvalue weighted by Crippen LogP contribution is -2.45. The van der Waals surface area contributed by atoms with Gasteiger partial charge in [0.25, 0.3) is 0 Å². The molecule has 0 spiro atoms. The fourth-order valence-electron chi connectivity index (χ4n) is 7.16. The molecule has 0 aliphatic heterocycles. The number of ketones is 1. The Labute approximate surface area is 228 Å². The van der Waals surface area contributed by atoms with Crippen LogP contribution in [-0.4, -0.2) is 26.6 Å². The van der Waals surface area contributed by atoms with E-state index in [9.17, 15) is 14.7 Å². The molecule has 0 radical (unpaired) electrons. The second kappa shape index (κ2) is 8.96. The van der Waals surface area contributed by atoms with Gasteiger partial charge in [-0.05, 0) is 105 Å². The number of benzene rings is 1. The number of rotatable bonds is 4. The van der Waals surface area contributed by atoms with E-state index in [-0.39, 0.29) is 46.4 Å². The van der Waals surface area contributed by atoms with E-state index >= 15 is 0 Å². The number of thiazole rings is 1. The number of phenolic OH excluding ortho intramolecular Hbond substituents is 1. The van der Waals surface area contributed by atoms with E-state index in [1.807, 2.05) is 13.1 Å². The summed E-state index contributed by atoms with van der Waals surface area (Å²) in [6, 6.07) is 2.07. The van der Waals surface area contributed by atoms with Gasteiger partial charge in [0.1, 0.15) is 5.75 Å². The first-order valence-corrected chi connectivity index (χ1v) is 14.9. The molecule has 1 aromatic heterocycles. The van der Waals surface area contributed by atoms with Gasteiger partial charge in [-0.2, -0.15) is 0 Å². The van der Waals surface area contributed by atoms with Crippen molar-refractivity contribution < 1.29 is 14.7 Å². The third-order valence-corrected chi connectivity index (χ3v) is 12.1. The minimum absolute atomic E-state index is 0.0473. The van der Waals surface area contributed by atoms with Gasteiger partial charge in [-0.1, -0.05) is 22.9 Å². The van der Waals surface area contributed by atoms with Crippen molar-refractivity contribution in [1.29, 1.82) is 0 Å². The van der Waals surface area contributed by atoms with E-state index in [2.05, 4.69) is 65.8 Å². The Kier molecular flexibility index (Phi) is 6.56. The average Bonchev–Trinajstić information content (AvgIpc) is 3.30. The Balaban J connectivity index is 1.62. The number of halogens is 3. The van der Waals surface area contributed by atoms with Crippen molar-refractivity contribution in [3.63, 3.8) is 0 Å². The molecule has 0 saturated heterocycles. The molecule has 5 nitrogen and oxygen atoms in total. The Bertz CT molecular complexity index is 1180. The Morgan fingerprint density at radius 3 is 2.76 bits per heavy atom. The van der Waals surface area contributed by atoms with Gasteiger partial charge in [0.2, 0.25) is 5.91 Å². The number of carbonyl (C=O) groups is 2. The van der Waals surface area contributed by atoms with Crippen LogP contribution in [-0.2, 0) is 16.0 Å². The van der Waals surface area contributed by atoms with Crippen LogP contribution in [0.5, 0.6) is 5.75 Å². The number of aromatic hydroxyl groups is 1. The van der Waals surface area contributed by atoms with Crippen LogP contribution in [0.3, 0.4) is 0 Å². The fraction of sp³-hybridized carbons (Fsp3) is 0.560. The molecule has 1 heterocycles. The van der Waals surface area contributed by atoms with Crippen LogP contribution in [0.1, 0.15) is 65.5 Å². The molecule has 1 amide bonds. The van der Waals surface area contributed by atoms with Crippen LogP contribution in [0.15, 0.2) is 21.2 Å². The van der Waals surface area contributed by atoms with E-state index in [1.54, 1.807) is 11.3 Å². The number of aryl methyl sites for hydroxylation is 1. The minimum atomic E-state index is -0.439. The number of nitrogens with zero attached hydrogens (tertiary/aromatic N) is 1. The molecule has 9 heteroatoms. The Morgan fingerprint density at radius 1 is 1.38 bits per heavy atom. The van der Waals surface area contributed by atoms with E-state index < -0.39 is 5.41 Å². The summed E-state index contributed by atoms with van der Waals surface area (Å²) < 4.78 is 1.46. The number of hydrogen-bond acceptors (Lipinski definition) is 5. The average molecular weight is 675 g/mol. The summed E-state index contributed by atoms with van der Waals surface area (Å²) in [6.45, 7) is 4.15. The van der Waals surface area contributed by atoms with Crippen LogP contribution >= 0.6 is 59.1 Å². The Morgan fingerprint density at radius 2 is 2.12 bits per heavy atom. The van der Waals surface area contributed by atoms with E-state index in [4.69, 9.17) is 5.73 Å². The van der Waals surface area contributed by atoms with Crippen molar-refractivity contribution in [3.8, 4) is 5.75 Å². The molecule has 3 aliphatic rings. The number of carbonyl (C=O) groups excluding carboxylic acids is 2. The predicted molar refractivity (Wildman–Crippen MR) is 144 cm³/mol. The van der Waals surface area contributed by atoms with Crippen molar-refractivity contribution in [2.24, 2.45) is 28.9 Å². The number of primary amides is 1. The maximum Gasteiger partial charge on any atom is 0.218 e. The summed E-state index contributed by atoms with van der Waals surface area (Å²) in [4.78, 5) is 31.3. The van der Waals surface area contributed by atoms with Gasteiger partial charge in [-0.25, -0.2) is 4.98 Å². The predicted octanol–water partition coefficient (Wildman–Crippen LogP) is 6.37. The van der Waals surface area contributed by atoms with Crippen molar-refractivity contribution in [1.82, 2.24) is 4.98 Å². The number of fused-ring (bicyclic) bond motifs is 5. The van der Waals surface area contributed by atoms with Gasteiger partial charge < -0.3 is 10.8 Å². The van der Waals surface area contributed by atoms with Crippen LogP contribution in [0.2, 0.25) is 0 Å². The lowest BCUT2D eigenvalue weighted by molar-refractivity contribution is -0.129. The smallest absolute Gasteiger partial charge is 0.218 e. The molecule has 3 aliphatic carbocycles. The first-order chi connectivity index (χ1) is 16.0. The third kappa shape index (κ3) is 3.75. The van der Waals surface area contributed by atoms with Crippen molar-refractivity contribution >= 4 is 70.8 Å². The zero-order valence-corrected chi connectivity index (χ0v) is 24.6. The molecule has 2 saturated carbocycles. The first kappa shape index (κ1) is 24.9. The largest absolute Gasteiger partial charge is 0.506 e. The summed E-state index contributed by atoms with van der Waals surface area (Å²) >= 11 is 12.5. The molecule has 1 aromatic carbocycles. The molecular weight excluding hydrogens is 648 g/mol. The van der Waals surface area contributed by atoms with Crippen molar-refractivity contribution in [3.05, 3.63) is 42.2 Å². The van der Waals surface area contributed by atoms with Crippen molar-refractivity contribution in [2.45, 2.75) is 62.6 Å². The van der Waals surface area contributed by atoms with Gasteiger partial charge in [0, 0.05) is 28.8 Å². The molecule has 34 heavy (non-hydrogen) atoms. The van der Waals surface area contributed by atoms with Gasteiger partial charge in [-0.15, -0.1) is 11.3 Å². The zero-order chi connectivity index (χ0) is 24.5. The Hall–Kier alpha value is -0.770. The molecule has 0 bridgehead atoms. The fourth-order valence-corrected chi connectivity index (χ4v) is 10.7. The number of nitrogens with two attached hydrogens (primary N) is 1. The summed E-state index contributed by atoms with van der Waals surface area (Å²) in [6.07, 6.45) is 5.57. The van der Waals surface area contributed by atoms with Gasteiger partial charge in [0.15, 0.2) is 5.78 Å². The SMILES string of the molecule is Cc1cnc(C(CC(N)=O)[C@H]2C(Br)C(=O)[C@@]3(C)CCC4c5cc(Br)c(O)c(Br)c5CCC4C23)s1. The highest BCUT2D eigenvalue weighted by atomic mass is 79.9. The highest BCUT2D eigenvalue weighted by Gasteiger charge is 2.64. The second-order valence-electron chi connectivity index (χ2n) is 10.3. The van der Waals surface area contributed by atoms with Gasteiger partial charge in [0.05, 0.1) is 18.8 Å². The number of alkyl halides is 1. The first-order valence-electron chi connectivity index (χ1n) is 11.6. The number of amides is 1. The molecule has 2 aromatic rings. The van der Waals surface area contributed by atoms with E-state index in [1.165, 1.54) is 11.1 Å². The zero-order valence-electron chi connectivity index (χ0n) is 19.0. The molecule has 2 fully saturated rings. The maximum absolute atomic E-state index is 13.7. The second-order valence-corrected chi connectivity index (χ2v) is 14.2. The standard InChI is InChI=1S/C25H27Br3N2O3S/c1-10-9-30-24(34-10)15(8-17(29)31)18-19-12-3-4-13-14(7-16(26)22(32)20(13)27)11(12)5-6-25(19,2)23(33)21(18)28/h7,9,11-12,15,18-19,21,32H,3-6,8H2,1-2H3,(H2,29,31)/t11?,12?,15?,18-,19?,21?,25+/m1/s1. The molecular formula is C25H27Br3N2O3S. The van der Waals surface area contributed by atoms with Crippen LogP contribution in [0, 0.1) is 30.1 Å². The molecule has 3 N–H and O–H groups in total. The quantitative estimate of drug-likeness (QED) is 0.369. The highest BCUT2D eigenvalue weighted by Crippen LogP contribution is 2.65. The normalized spacial score (nSPS) is 33.2. The monoisotopic (exact) mass is 672 g/mol. The summed E-state index contributed by atoms with van der Waals surface area (Å²) in [5.74, 6) is 0.636. The summed E-state index contributed by atoms with van der Waals surface area (Å²) in [5.41, 5.74) is 7.72. The van der Waals surface area contributed by atoms with E-state index in [0.29, 0.717) is 16.3 Å². The van der Waals surface area contributed by atoms with Gasteiger partial charge in [-0.3, -0.25) is 9.59 Å². The van der Waals surface area contributed by atoms with E-state index in [0.717, 1.165) is 40.0 Å². The number of Topliss-reactive ketones (excluding diaryl/α,β-unsaturated/α-hetero) is 1. The van der Waals surface area contributed by atoms with Crippen LogP contribution in [0.25, 0.3) is 0 Å². The lowest BCUT2D eigenvalue weighted by Gasteiger charge is -2.50. The molecule has 182 valence electrons. The topological polar surface area (TPSA) is 93.3 Å². The molecule has 5 rings (SSSR count). The summed E-state index contributed by atoms with van der Waals surface area (Å²) in [5, 5.41) is 11.4. The van der Waals surface area contributed by atoms with Gasteiger partial charge >= 0.3 is 0 Å². The lowest BCUT2D eigenvalue weighted by atomic mass is 9.53. The molecule has 5 unspecified atom stereocenters. The number of aromatic nitrogens is 1. The van der Waals surface area contributed by atoms with Crippen molar-refractivity contribution in [2.75, 3.05) is 0 Å². The third-order valence-electron chi connectivity index (χ3n) is 8.55. The van der Waals surface area contributed by atoms with Crippen LogP contribution in [0.4, 0.5) is 0 Å². The number of hydrogen-bond donors (Lipinski definition) is 2. The summed E-state index contributed by atoms with van der Waals surface area (Å²) in [7, 11) is 0. The highest BCUT2D eigenvalue weighted by molar-refractivity contribution is 9.11. The molecule has 7 atom stereocenters. The number of phenols is 1. The maximum atomic E-state index is 13.7. The minimum Gasteiger partial charge on any atom is -0.506 e.